The third kappa shape index (κ3) is 7.77. The number of hydrogen-bond acceptors (Lipinski definition) is 12. The molecule has 2 aromatic rings. The summed E-state index contributed by atoms with van der Waals surface area (Å²) in [4.78, 5) is 47.2. The maximum absolute atomic E-state index is 11.9. The van der Waals surface area contributed by atoms with Crippen LogP contribution in [0.25, 0.3) is 0 Å². The topological polar surface area (TPSA) is 189 Å². The van der Waals surface area contributed by atoms with E-state index in [9.17, 15) is 24.6 Å². The summed E-state index contributed by atoms with van der Waals surface area (Å²) >= 11 is 3.14. The molecule has 2 rings (SSSR count). The Morgan fingerprint density at radius 2 is 1.97 bits per heavy atom. The van der Waals surface area contributed by atoms with Crippen LogP contribution in [-0.4, -0.2) is 43.6 Å². The van der Waals surface area contributed by atoms with E-state index in [0.717, 1.165) is 12.1 Å². The molecule has 0 aliphatic carbocycles. The molecule has 0 saturated heterocycles. The number of amides is 1. The molecule has 0 saturated carbocycles. The molecule has 2 aromatic carbocycles. The van der Waals surface area contributed by atoms with E-state index in [-0.39, 0.29) is 52.5 Å². The van der Waals surface area contributed by atoms with E-state index in [1.54, 1.807) is 17.0 Å². The first kappa shape index (κ1) is 28.8. The number of benzene rings is 2. The average molecular weight is 576 g/mol. The van der Waals surface area contributed by atoms with Gasteiger partial charge in [0.25, 0.3) is 5.69 Å². The Morgan fingerprint density at radius 3 is 2.54 bits per heavy atom. The minimum absolute atomic E-state index is 0.00521. The lowest BCUT2D eigenvalue weighted by Crippen LogP contribution is -2.27. The highest BCUT2D eigenvalue weighted by molar-refractivity contribution is 9.10. The lowest BCUT2D eigenvalue weighted by Gasteiger charge is -2.26. The van der Waals surface area contributed by atoms with E-state index in [0.29, 0.717) is 18.0 Å². The molecular weight excluding hydrogens is 554 g/mol. The van der Waals surface area contributed by atoms with Crippen molar-refractivity contribution in [1.29, 1.82) is 5.26 Å². The molecule has 15 heteroatoms. The summed E-state index contributed by atoms with van der Waals surface area (Å²) in [7, 11) is 1.42. The molecule has 1 amide bonds. The monoisotopic (exact) mass is 575 g/mol. The van der Waals surface area contributed by atoms with Crippen molar-refractivity contribution in [3.63, 3.8) is 0 Å². The number of carbonyl (C=O) groups is 2. The fourth-order valence-corrected chi connectivity index (χ4v) is 3.67. The van der Waals surface area contributed by atoms with Crippen molar-refractivity contribution in [2.75, 3.05) is 37.0 Å². The standard InChI is InChI=1S/C22H22BrN7O7/c1-4-29(7-5-21(32)37-8-6-24)19-11-16(25-13(2)31)17(12-20(19)36-3)26-27-22-15(23)9-14(30(34)35)10-18(22)28-33/h9-12H,4-5,7-8H2,1-3H3,(H,25,31). The predicted molar refractivity (Wildman–Crippen MR) is 137 cm³/mol. The number of rotatable bonds is 12. The second kappa shape index (κ2) is 13.6. The van der Waals surface area contributed by atoms with Crippen molar-refractivity contribution in [2.24, 2.45) is 15.4 Å². The molecule has 14 nitrogen and oxygen atoms in total. The van der Waals surface area contributed by atoms with Crippen LogP contribution < -0.4 is 15.0 Å². The number of carbonyl (C=O) groups excluding carboxylic acids is 2. The van der Waals surface area contributed by atoms with Crippen molar-refractivity contribution in [2.45, 2.75) is 20.3 Å². The number of non-ortho nitro benzene ring substituents is 1. The van der Waals surface area contributed by atoms with Crippen LogP contribution in [0, 0.1) is 26.4 Å². The van der Waals surface area contributed by atoms with Crippen LogP contribution in [0.2, 0.25) is 0 Å². The highest BCUT2D eigenvalue weighted by atomic mass is 79.9. The van der Waals surface area contributed by atoms with E-state index in [4.69, 9.17) is 14.7 Å². The number of nitriles is 1. The first-order valence-electron chi connectivity index (χ1n) is 10.6. The number of halogens is 1. The third-order valence-electron chi connectivity index (χ3n) is 4.81. The number of hydrogen-bond donors (Lipinski definition) is 1. The smallest absolute Gasteiger partial charge is 0.308 e. The molecule has 0 spiro atoms. The maximum Gasteiger partial charge on any atom is 0.308 e. The van der Waals surface area contributed by atoms with Gasteiger partial charge in [-0.2, -0.15) is 5.26 Å². The summed E-state index contributed by atoms with van der Waals surface area (Å²) in [6.45, 7) is 3.52. The molecule has 0 radical (unpaired) electrons. The predicted octanol–water partition coefficient (Wildman–Crippen LogP) is 5.42. The summed E-state index contributed by atoms with van der Waals surface area (Å²) in [5.74, 6) is -0.603. The largest absolute Gasteiger partial charge is 0.494 e. The van der Waals surface area contributed by atoms with Gasteiger partial charge in [-0.1, -0.05) is 0 Å². The highest BCUT2D eigenvalue weighted by Gasteiger charge is 2.19. The zero-order chi connectivity index (χ0) is 27.5. The van der Waals surface area contributed by atoms with Crippen LogP contribution in [0.4, 0.5) is 34.1 Å². The van der Waals surface area contributed by atoms with Gasteiger partial charge in [0.15, 0.2) is 6.61 Å². The number of nitro benzene ring substituents is 1. The second-order valence-corrected chi connectivity index (χ2v) is 8.07. The van der Waals surface area contributed by atoms with Crippen molar-refractivity contribution >= 4 is 61.9 Å². The summed E-state index contributed by atoms with van der Waals surface area (Å²) in [6, 6.07) is 6.93. The fourth-order valence-electron chi connectivity index (χ4n) is 3.15. The minimum Gasteiger partial charge on any atom is -0.494 e. The Hall–Kier alpha value is -4.45. The Bertz CT molecular complexity index is 1280. The van der Waals surface area contributed by atoms with Crippen LogP contribution in [-0.2, 0) is 14.3 Å². The number of anilines is 2. The zero-order valence-electron chi connectivity index (χ0n) is 20.1. The summed E-state index contributed by atoms with van der Waals surface area (Å²) in [5, 5.41) is 33.2. The van der Waals surface area contributed by atoms with Gasteiger partial charge in [-0.25, -0.2) is 0 Å². The molecule has 0 aliphatic rings. The molecule has 0 aromatic heterocycles. The number of nitrogens with zero attached hydrogens (tertiary/aromatic N) is 6. The van der Waals surface area contributed by atoms with Gasteiger partial charge < -0.3 is 19.7 Å². The second-order valence-electron chi connectivity index (χ2n) is 7.21. The number of nitrogens with one attached hydrogen (secondary N) is 1. The quantitative estimate of drug-likeness (QED) is 0.113. The normalized spacial score (nSPS) is 10.5. The van der Waals surface area contributed by atoms with Gasteiger partial charge >= 0.3 is 5.97 Å². The Balaban J connectivity index is 2.51. The Kier molecular flexibility index (Phi) is 10.6. The fraction of sp³-hybridized carbons (Fsp3) is 0.318. The molecule has 37 heavy (non-hydrogen) atoms. The third-order valence-corrected chi connectivity index (χ3v) is 5.41. The van der Waals surface area contributed by atoms with Crippen molar-refractivity contribution in [3.05, 3.63) is 43.8 Å². The van der Waals surface area contributed by atoms with E-state index < -0.39 is 16.8 Å². The number of methoxy groups -OCH3 is 1. The van der Waals surface area contributed by atoms with Crippen LogP contribution >= 0.6 is 15.9 Å². The van der Waals surface area contributed by atoms with Crippen LogP contribution in [0.1, 0.15) is 20.3 Å². The van der Waals surface area contributed by atoms with Crippen molar-refractivity contribution in [1.82, 2.24) is 0 Å². The van der Waals surface area contributed by atoms with Crippen LogP contribution in [0.15, 0.2) is 44.1 Å². The molecule has 0 fully saturated rings. The maximum atomic E-state index is 11.9. The van der Waals surface area contributed by atoms with E-state index >= 15 is 0 Å². The molecule has 0 unspecified atom stereocenters. The van der Waals surface area contributed by atoms with Gasteiger partial charge in [0.05, 0.1) is 34.3 Å². The van der Waals surface area contributed by atoms with Gasteiger partial charge in [-0.3, -0.25) is 19.7 Å². The van der Waals surface area contributed by atoms with E-state index in [1.165, 1.54) is 20.1 Å². The molecule has 0 aliphatic heterocycles. The van der Waals surface area contributed by atoms with Gasteiger partial charge in [-0.05, 0) is 34.1 Å². The SMILES string of the molecule is CCN(CCC(=O)OCC#N)c1cc(NC(C)=O)c(N=Nc2c(Br)cc([N+](=O)[O-])cc2N=O)cc1OC. The number of nitroso groups, excluding NO2 is 1. The molecule has 0 bridgehead atoms. The molecule has 0 atom stereocenters. The molecule has 1 N–H and O–H groups in total. The number of ether oxygens (including phenoxy) is 2. The number of azo groups is 1. The molecule has 0 heterocycles. The van der Waals surface area contributed by atoms with E-state index in [2.05, 4.69) is 36.7 Å². The van der Waals surface area contributed by atoms with Crippen LogP contribution in [0.3, 0.4) is 0 Å². The summed E-state index contributed by atoms with van der Waals surface area (Å²) in [6.07, 6.45) is 0.00521. The Morgan fingerprint density at radius 1 is 1.24 bits per heavy atom. The zero-order valence-corrected chi connectivity index (χ0v) is 21.6. The first-order valence-corrected chi connectivity index (χ1v) is 11.4. The number of esters is 1. The minimum atomic E-state index is -0.679. The van der Waals surface area contributed by atoms with Crippen LogP contribution in [0.5, 0.6) is 5.75 Å². The number of nitro groups is 1. The van der Waals surface area contributed by atoms with Gasteiger partial charge in [0.2, 0.25) is 5.91 Å². The van der Waals surface area contributed by atoms with E-state index in [1.807, 2.05) is 6.92 Å². The van der Waals surface area contributed by atoms with Crippen molar-refractivity contribution < 1.29 is 24.0 Å². The molecule has 194 valence electrons. The van der Waals surface area contributed by atoms with Gasteiger partial charge in [0, 0.05) is 38.2 Å². The lowest BCUT2D eigenvalue weighted by atomic mass is 10.2. The Labute approximate surface area is 219 Å². The average Bonchev–Trinajstić information content (AvgIpc) is 2.86. The van der Waals surface area contributed by atoms with Gasteiger partial charge in [0.1, 0.15) is 28.9 Å². The lowest BCUT2D eigenvalue weighted by molar-refractivity contribution is -0.384. The first-order chi connectivity index (χ1) is 17.6. The van der Waals surface area contributed by atoms with Gasteiger partial charge in [-0.15, -0.1) is 15.1 Å². The highest BCUT2D eigenvalue weighted by Crippen LogP contribution is 2.43. The van der Waals surface area contributed by atoms with Crippen molar-refractivity contribution in [3.8, 4) is 11.8 Å². The summed E-state index contributed by atoms with van der Waals surface area (Å²) < 4.78 is 10.4. The summed E-state index contributed by atoms with van der Waals surface area (Å²) in [5.41, 5.74) is 0.214. The molecular formula is C22H22BrN7O7.